The van der Waals surface area contributed by atoms with Crippen LogP contribution in [0.25, 0.3) is 16.8 Å². The Labute approximate surface area is 226 Å². The molecule has 0 fully saturated rings. The van der Waals surface area contributed by atoms with Crippen LogP contribution in [0, 0.1) is 0 Å². The topological polar surface area (TPSA) is 3.24 Å². The van der Waals surface area contributed by atoms with E-state index >= 15 is 0 Å². The largest absolute Gasteiger partial charge is 0.416 e. The fraction of sp³-hybridized carbons (Fsp3) is 0.0909. The van der Waals surface area contributed by atoms with Crippen molar-refractivity contribution in [3.8, 4) is 0 Å². The van der Waals surface area contributed by atoms with E-state index in [0.29, 0.717) is 16.9 Å². The molecule has 0 aliphatic carbocycles. The van der Waals surface area contributed by atoms with Crippen molar-refractivity contribution in [3.05, 3.63) is 149 Å². The third-order valence-electron chi connectivity index (χ3n) is 7.35. The average molecular weight is 546 g/mol. The van der Waals surface area contributed by atoms with E-state index in [0.717, 1.165) is 46.2 Å². The first kappa shape index (κ1) is 25.7. The smallest absolute Gasteiger partial charge is 0.323 e. The van der Waals surface area contributed by atoms with Crippen LogP contribution >= 0.6 is 0 Å². The molecule has 1 heterocycles. The van der Waals surface area contributed by atoms with Gasteiger partial charge in [-0.2, -0.15) is 26.3 Å². The zero-order valence-corrected chi connectivity index (χ0v) is 20.8. The first-order valence-electron chi connectivity index (χ1n) is 12.5. The molecular weight excluding hydrogens is 524 g/mol. The van der Waals surface area contributed by atoms with Crippen LogP contribution in [0.4, 0.5) is 37.7 Å². The number of halogens is 6. The highest BCUT2D eigenvalue weighted by molar-refractivity contribution is 5.99. The highest BCUT2D eigenvalue weighted by Gasteiger charge is 2.43. The van der Waals surface area contributed by atoms with Crippen LogP contribution in [0.5, 0.6) is 0 Å². The molecule has 1 nitrogen and oxygen atoms in total. The van der Waals surface area contributed by atoms with Gasteiger partial charge in [0.25, 0.3) is 0 Å². The van der Waals surface area contributed by atoms with Crippen LogP contribution < -0.4 is 4.90 Å². The third-order valence-corrected chi connectivity index (χ3v) is 7.35. The lowest BCUT2D eigenvalue weighted by Crippen LogP contribution is -2.45. The maximum absolute atomic E-state index is 13.5. The van der Waals surface area contributed by atoms with Crippen LogP contribution in [0.3, 0.4) is 0 Å². The molecule has 0 N–H and O–H groups in total. The van der Waals surface area contributed by atoms with Crippen LogP contribution in [-0.2, 0) is 17.9 Å². The lowest BCUT2D eigenvalue weighted by atomic mass is 9.76. The maximum Gasteiger partial charge on any atom is 0.416 e. The predicted molar refractivity (Wildman–Crippen MR) is 145 cm³/mol. The molecular formula is C33H21F6N. The Morgan fingerprint density at radius 2 is 1.07 bits per heavy atom. The van der Waals surface area contributed by atoms with Gasteiger partial charge in [0.1, 0.15) is 5.54 Å². The Morgan fingerprint density at radius 3 is 1.70 bits per heavy atom. The maximum atomic E-state index is 13.5. The molecule has 5 aromatic carbocycles. The fourth-order valence-electron chi connectivity index (χ4n) is 5.49. The van der Waals surface area contributed by atoms with Crippen LogP contribution in [0.15, 0.2) is 121 Å². The van der Waals surface area contributed by atoms with E-state index in [1.807, 2.05) is 83.8 Å². The zero-order chi connectivity index (χ0) is 28.1. The zero-order valence-electron chi connectivity index (χ0n) is 20.8. The minimum Gasteiger partial charge on any atom is -0.323 e. The second-order valence-electron chi connectivity index (χ2n) is 9.64. The second kappa shape index (κ2) is 9.30. The molecule has 0 saturated heterocycles. The van der Waals surface area contributed by atoms with Gasteiger partial charge in [0.15, 0.2) is 0 Å². The van der Waals surface area contributed by atoms with Crippen molar-refractivity contribution in [2.45, 2.75) is 17.9 Å². The minimum absolute atomic E-state index is 0.456. The summed E-state index contributed by atoms with van der Waals surface area (Å²) in [4.78, 5) is 1.91. The number of benzene rings is 5. The summed E-state index contributed by atoms with van der Waals surface area (Å²) < 4.78 is 80.9. The summed E-state index contributed by atoms with van der Waals surface area (Å²) >= 11 is 0. The highest BCUT2D eigenvalue weighted by Crippen LogP contribution is 2.51. The van der Waals surface area contributed by atoms with Crippen LogP contribution in [-0.4, -0.2) is 0 Å². The Bertz CT molecular complexity index is 1700. The number of fused-ring (bicyclic) bond motifs is 3. The van der Waals surface area contributed by atoms with Crippen molar-refractivity contribution in [1.82, 2.24) is 0 Å². The van der Waals surface area contributed by atoms with E-state index in [1.54, 1.807) is 0 Å². The molecule has 7 heteroatoms. The van der Waals surface area contributed by atoms with Gasteiger partial charge in [0.2, 0.25) is 0 Å². The quantitative estimate of drug-likeness (QED) is 0.204. The first-order chi connectivity index (χ1) is 19.1. The summed E-state index contributed by atoms with van der Waals surface area (Å²) in [5.74, 6) is 0. The summed E-state index contributed by atoms with van der Waals surface area (Å²) in [6.45, 7) is 0. The van der Waals surface area contributed by atoms with E-state index in [9.17, 15) is 26.3 Å². The normalized spacial score (nSPS) is 17.2. The number of hydrogen-bond acceptors (Lipinski definition) is 1. The molecule has 0 spiro atoms. The van der Waals surface area contributed by atoms with E-state index in [1.165, 1.54) is 24.3 Å². The lowest BCUT2D eigenvalue weighted by Gasteiger charge is -2.47. The Morgan fingerprint density at radius 1 is 0.525 bits per heavy atom. The SMILES string of the molecule is FC(F)(F)c1ccc(N2c3ccc4ccccc4c3C=CC2(c2ccccc2)c2ccc(C(F)(F)F)cc2)cc1. The molecule has 1 aliphatic heterocycles. The number of hydrogen-bond donors (Lipinski definition) is 0. The van der Waals surface area contributed by atoms with Crippen molar-refractivity contribution in [2.75, 3.05) is 4.90 Å². The second-order valence-corrected chi connectivity index (χ2v) is 9.64. The minimum atomic E-state index is -4.52. The molecule has 40 heavy (non-hydrogen) atoms. The first-order valence-corrected chi connectivity index (χ1v) is 12.5. The van der Waals surface area contributed by atoms with Crippen LogP contribution in [0.1, 0.15) is 27.8 Å². The van der Waals surface area contributed by atoms with Crippen molar-refractivity contribution in [2.24, 2.45) is 0 Å². The number of rotatable bonds is 3. The molecule has 1 aliphatic rings. The predicted octanol–water partition coefficient (Wildman–Crippen LogP) is 9.99. The molecule has 1 atom stereocenters. The molecule has 1 unspecified atom stereocenters. The van der Waals surface area contributed by atoms with E-state index in [-0.39, 0.29) is 0 Å². The summed E-state index contributed by atoms with van der Waals surface area (Å²) in [6.07, 6.45) is -5.17. The number of alkyl halides is 6. The van der Waals surface area contributed by atoms with Gasteiger partial charge in [-0.1, -0.05) is 78.9 Å². The van der Waals surface area contributed by atoms with Crippen molar-refractivity contribution in [1.29, 1.82) is 0 Å². The molecule has 0 amide bonds. The van der Waals surface area contributed by atoms with Gasteiger partial charge in [-0.15, -0.1) is 0 Å². The fourth-order valence-corrected chi connectivity index (χ4v) is 5.49. The van der Waals surface area contributed by atoms with Gasteiger partial charge in [-0.05, 0) is 70.4 Å². The lowest BCUT2D eigenvalue weighted by molar-refractivity contribution is -0.138. The average Bonchev–Trinajstić information content (AvgIpc) is 2.96. The standard InChI is InChI=1S/C33H21F6N/c34-32(35,36)25-13-11-24(12-14-25)31(23-7-2-1-3-8-23)21-20-29-28-9-5-4-6-22(28)10-19-30(29)40(31)27-17-15-26(16-18-27)33(37,38)39/h1-21H. The summed E-state index contributed by atoms with van der Waals surface area (Å²) in [5, 5.41) is 1.93. The Balaban J connectivity index is 1.67. The van der Waals surface area contributed by atoms with Gasteiger partial charge in [0, 0.05) is 11.3 Å². The van der Waals surface area contributed by atoms with Gasteiger partial charge in [0.05, 0.1) is 16.8 Å². The Hall–Kier alpha value is -4.52. The molecule has 6 rings (SSSR count). The summed E-state index contributed by atoms with van der Waals surface area (Å²) in [7, 11) is 0. The number of anilines is 2. The molecule has 0 aromatic heterocycles. The molecule has 0 saturated carbocycles. The Kier molecular flexibility index (Phi) is 5.98. The third kappa shape index (κ3) is 4.22. The molecule has 0 bridgehead atoms. The van der Waals surface area contributed by atoms with Gasteiger partial charge in [-0.25, -0.2) is 0 Å². The molecule has 5 aromatic rings. The van der Waals surface area contributed by atoms with Crippen molar-refractivity contribution >= 4 is 28.2 Å². The monoisotopic (exact) mass is 545 g/mol. The molecule has 200 valence electrons. The number of nitrogens with zero attached hydrogens (tertiary/aromatic N) is 1. The van der Waals surface area contributed by atoms with Crippen molar-refractivity contribution in [3.63, 3.8) is 0 Å². The summed E-state index contributed by atoms with van der Waals surface area (Å²) in [5.41, 5.74) is 0.555. The highest BCUT2D eigenvalue weighted by atomic mass is 19.4. The molecule has 0 radical (unpaired) electrons. The van der Waals surface area contributed by atoms with Crippen LogP contribution in [0.2, 0.25) is 0 Å². The van der Waals surface area contributed by atoms with E-state index in [2.05, 4.69) is 0 Å². The van der Waals surface area contributed by atoms with Gasteiger partial charge >= 0.3 is 12.4 Å². The van der Waals surface area contributed by atoms with Crippen molar-refractivity contribution < 1.29 is 26.3 Å². The van der Waals surface area contributed by atoms with E-state index in [4.69, 9.17) is 0 Å². The summed E-state index contributed by atoms with van der Waals surface area (Å²) in [6, 6.07) is 30.6. The van der Waals surface area contributed by atoms with E-state index < -0.39 is 29.0 Å². The van der Waals surface area contributed by atoms with Gasteiger partial charge in [-0.3, -0.25) is 0 Å². The van der Waals surface area contributed by atoms with Gasteiger partial charge < -0.3 is 4.90 Å².